The van der Waals surface area contributed by atoms with Crippen LogP contribution in [0.4, 0.5) is 0 Å². The minimum Gasteiger partial charge on any atom is -0.298 e. The van der Waals surface area contributed by atoms with E-state index < -0.39 is 0 Å². The van der Waals surface area contributed by atoms with Crippen molar-refractivity contribution in [3.8, 4) is 0 Å². The Labute approximate surface area is 78.6 Å². The van der Waals surface area contributed by atoms with Crippen molar-refractivity contribution >= 4 is 33.6 Å². The number of carbonyl (C=O) groups excluding carboxylic acids is 1. The Kier molecular flexibility index (Phi) is 3.27. The average molecular weight is 233 g/mol. The van der Waals surface area contributed by atoms with Crippen LogP contribution in [0.25, 0.3) is 0 Å². The lowest BCUT2D eigenvalue weighted by Crippen LogP contribution is -1.79. The quantitative estimate of drug-likeness (QED) is 0.732. The summed E-state index contributed by atoms with van der Waals surface area (Å²) in [5.41, 5.74) is 0.776. The molecule has 0 atom stereocenters. The first-order valence-corrected chi connectivity index (χ1v) is 5.18. The Bertz CT molecular complexity index is 255. The summed E-state index contributed by atoms with van der Waals surface area (Å²) in [6.07, 6.45) is 3.07. The van der Waals surface area contributed by atoms with Crippen LogP contribution in [0.5, 0.6) is 0 Å². The third-order valence-electron chi connectivity index (χ3n) is 1.43. The van der Waals surface area contributed by atoms with Crippen LogP contribution in [0.1, 0.15) is 28.6 Å². The molecule has 0 amide bonds. The van der Waals surface area contributed by atoms with Crippen molar-refractivity contribution in [1.29, 1.82) is 0 Å². The highest BCUT2D eigenvalue weighted by atomic mass is 79.9. The third-order valence-corrected chi connectivity index (χ3v) is 3.69. The molecular formula is C8H9BrOS. The van der Waals surface area contributed by atoms with Gasteiger partial charge in [-0.05, 0) is 22.4 Å². The Morgan fingerprint density at radius 1 is 1.73 bits per heavy atom. The number of carbonyl (C=O) groups is 1. The average Bonchev–Trinajstić information content (AvgIpc) is 2.34. The molecule has 0 saturated carbocycles. The van der Waals surface area contributed by atoms with Gasteiger partial charge in [-0.3, -0.25) is 4.79 Å². The zero-order chi connectivity index (χ0) is 8.27. The Morgan fingerprint density at radius 3 is 2.91 bits per heavy atom. The van der Waals surface area contributed by atoms with E-state index in [2.05, 4.69) is 22.9 Å². The monoisotopic (exact) mass is 232 g/mol. The van der Waals surface area contributed by atoms with Crippen molar-refractivity contribution in [3.05, 3.63) is 20.3 Å². The van der Waals surface area contributed by atoms with Crippen molar-refractivity contribution in [3.63, 3.8) is 0 Å². The van der Waals surface area contributed by atoms with E-state index in [1.165, 1.54) is 4.88 Å². The number of aldehydes is 1. The fraction of sp³-hybridized carbons (Fsp3) is 0.375. The summed E-state index contributed by atoms with van der Waals surface area (Å²) >= 11 is 5.04. The van der Waals surface area contributed by atoms with Gasteiger partial charge in [-0.25, -0.2) is 0 Å². The van der Waals surface area contributed by atoms with Gasteiger partial charge in [0.15, 0.2) is 6.29 Å². The maximum Gasteiger partial charge on any atom is 0.152 e. The molecule has 60 valence electrons. The summed E-state index contributed by atoms with van der Waals surface area (Å²) in [6.45, 7) is 2.13. The van der Waals surface area contributed by atoms with E-state index in [4.69, 9.17) is 0 Å². The van der Waals surface area contributed by atoms with Gasteiger partial charge in [0.05, 0.1) is 0 Å². The SMILES string of the molecule is CCCc1scc(C=O)c1Br. The van der Waals surface area contributed by atoms with Gasteiger partial charge in [0, 0.05) is 20.3 Å². The van der Waals surface area contributed by atoms with Gasteiger partial charge in [0.25, 0.3) is 0 Å². The van der Waals surface area contributed by atoms with Crippen molar-refractivity contribution in [1.82, 2.24) is 0 Å². The fourth-order valence-corrected chi connectivity index (χ4v) is 2.70. The first kappa shape index (κ1) is 8.94. The molecule has 3 heteroatoms. The second-order valence-corrected chi connectivity index (χ2v) is 4.05. The number of rotatable bonds is 3. The molecule has 1 nitrogen and oxygen atoms in total. The highest BCUT2D eigenvalue weighted by molar-refractivity contribution is 9.10. The van der Waals surface area contributed by atoms with Gasteiger partial charge in [0.2, 0.25) is 0 Å². The smallest absolute Gasteiger partial charge is 0.152 e. The molecule has 0 unspecified atom stereocenters. The molecule has 0 aliphatic rings. The molecule has 0 aliphatic heterocycles. The van der Waals surface area contributed by atoms with Crippen molar-refractivity contribution < 1.29 is 4.79 Å². The number of hydrogen-bond donors (Lipinski definition) is 0. The molecule has 0 radical (unpaired) electrons. The second-order valence-electron chi connectivity index (χ2n) is 2.30. The lowest BCUT2D eigenvalue weighted by molar-refractivity contribution is 0.112. The predicted octanol–water partition coefficient (Wildman–Crippen LogP) is 3.28. The lowest BCUT2D eigenvalue weighted by Gasteiger charge is -1.92. The molecule has 1 heterocycles. The van der Waals surface area contributed by atoms with Gasteiger partial charge in [-0.15, -0.1) is 11.3 Å². The van der Waals surface area contributed by atoms with Gasteiger partial charge >= 0.3 is 0 Å². The molecule has 0 fully saturated rings. The van der Waals surface area contributed by atoms with Crippen LogP contribution in [0.3, 0.4) is 0 Å². The largest absolute Gasteiger partial charge is 0.298 e. The van der Waals surface area contributed by atoms with Crippen LogP contribution in [0, 0.1) is 0 Å². The minimum atomic E-state index is 0.776. The van der Waals surface area contributed by atoms with Crippen LogP contribution < -0.4 is 0 Å². The van der Waals surface area contributed by atoms with E-state index in [9.17, 15) is 4.79 Å². The molecule has 1 rings (SSSR count). The summed E-state index contributed by atoms with van der Waals surface area (Å²) in [7, 11) is 0. The molecule has 11 heavy (non-hydrogen) atoms. The van der Waals surface area contributed by atoms with E-state index in [1.807, 2.05) is 5.38 Å². The molecular weight excluding hydrogens is 224 g/mol. The first-order chi connectivity index (χ1) is 5.29. The second kappa shape index (κ2) is 4.02. The van der Waals surface area contributed by atoms with E-state index in [-0.39, 0.29) is 0 Å². The maximum absolute atomic E-state index is 10.4. The summed E-state index contributed by atoms with van der Waals surface area (Å²) in [4.78, 5) is 11.7. The predicted molar refractivity (Wildman–Crippen MR) is 51.4 cm³/mol. The Hall–Kier alpha value is -0.150. The van der Waals surface area contributed by atoms with E-state index in [0.717, 1.165) is 29.2 Å². The topological polar surface area (TPSA) is 17.1 Å². The molecule has 0 saturated heterocycles. The molecule has 0 bridgehead atoms. The van der Waals surface area contributed by atoms with Crippen LogP contribution in [-0.4, -0.2) is 6.29 Å². The van der Waals surface area contributed by atoms with Crippen LogP contribution in [-0.2, 0) is 6.42 Å². The number of aryl methyl sites for hydroxylation is 1. The minimum absolute atomic E-state index is 0.776. The van der Waals surface area contributed by atoms with Crippen LogP contribution in [0.2, 0.25) is 0 Å². The Balaban J connectivity index is 2.90. The normalized spacial score (nSPS) is 10.0. The third kappa shape index (κ3) is 1.91. The molecule has 0 aliphatic carbocycles. The van der Waals surface area contributed by atoms with Gasteiger partial charge in [-0.1, -0.05) is 13.3 Å². The highest BCUT2D eigenvalue weighted by Gasteiger charge is 2.06. The molecule has 0 N–H and O–H groups in total. The maximum atomic E-state index is 10.4. The van der Waals surface area contributed by atoms with Crippen molar-refractivity contribution in [2.45, 2.75) is 19.8 Å². The Morgan fingerprint density at radius 2 is 2.45 bits per heavy atom. The van der Waals surface area contributed by atoms with Gasteiger partial charge in [-0.2, -0.15) is 0 Å². The molecule has 0 aromatic carbocycles. The summed E-state index contributed by atoms with van der Waals surface area (Å²) in [6, 6.07) is 0. The summed E-state index contributed by atoms with van der Waals surface area (Å²) in [5.74, 6) is 0. The van der Waals surface area contributed by atoms with Gasteiger partial charge < -0.3 is 0 Å². The van der Waals surface area contributed by atoms with Gasteiger partial charge in [0.1, 0.15) is 0 Å². The van der Waals surface area contributed by atoms with Crippen LogP contribution >= 0.6 is 27.3 Å². The van der Waals surface area contributed by atoms with Crippen LogP contribution in [0.15, 0.2) is 9.85 Å². The first-order valence-electron chi connectivity index (χ1n) is 3.50. The molecule has 1 aromatic heterocycles. The van der Waals surface area contributed by atoms with E-state index >= 15 is 0 Å². The van der Waals surface area contributed by atoms with E-state index in [1.54, 1.807) is 11.3 Å². The lowest BCUT2D eigenvalue weighted by atomic mass is 10.2. The fourth-order valence-electron chi connectivity index (χ4n) is 0.874. The number of hydrogen-bond acceptors (Lipinski definition) is 2. The van der Waals surface area contributed by atoms with Crippen molar-refractivity contribution in [2.75, 3.05) is 0 Å². The highest BCUT2D eigenvalue weighted by Crippen LogP contribution is 2.27. The molecule has 1 aromatic rings. The standard InChI is InChI=1S/C8H9BrOS/c1-2-3-7-8(9)6(4-10)5-11-7/h4-5H,2-3H2,1H3. The number of halogens is 1. The van der Waals surface area contributed by atoms with E-state index in [0.29, 0.717) is 0 Å². The summed E-state index contributed by atoms with van der Waals surface area (Å²) < 4.78 is 0.986. The number of thiophene rings is 1. The summed E-state index contributed by atoms with van der Waals surface area (Å²) in [5, 5.41) is 1.89. The van der Waals surface area contributed by atoms with Crippen molar-refractivity contribution in [2.24, 2.45) is 0 Å². The zero-order valence-corrected chi connectivity index (χ0v) is 8.67. The molecule has 0 spiro atoms. The zero-order valence-electron chi connectivity index (χ0n) is 6.26.